The number of allylic oxidation sites excluding steroid dienone is 1. The summed E-state index contributed by atoms with van der Waals surface area (Å²) in [6.07, 6.45) is 7.45. The van der Waals surface area contributed by atoms with Crippen molar-refractivity contribution in [3.8, 4) is 0 Å². The number of ether oxygens (including phenoxy) is 1. The molecule has 0 spiro atoms. The Balaban J connectivity index is 2.28. The largest absolute Gasteiger partial charge is 0.445 e. The van der Waals surface area contributed by atoms with E-state index in [1.54, 1.807) is 4.90 Å². The summed E-state index contributed by atoms with van der Waals surface area (Å²) in [6.45, 7) is 10.8. The van der Waals surface area contributed by atoms with Gasteiger partial charge < -0.3 is 15.0 Å². The van der Waals surface area contributed by atoms with Gasteiger partial charge in [0.05, 0.1) is 17.6 Å². The molecule has 2 bridgehead atoms. The molecule has 7 nitrogen and oxygen atoms in total. The van der Waals surface area contributed by atoms with E-state index in [1.165, 1.54) is 0 Å². The van der Waals surface area contributed by atoms with Crippen molar-refractivity contribution in [1.29, 1.82) is 0 Å². The molecule has 170 valence electrons. The van der Waals surface area contributed by atoms with Gasteiger partial charge in [-0.2, -0.15) is 0 Å². The molecule has 0 aromatic heterocycles. The summed E-state index contributed by atoms with van der Waals surface area (Å²) in [7, 11) is 0. The van der Waals surface area contributed by atoms with Gasteiger partial charge in [0.15, 0.2) is 11.6 Å². The quantitative estimate of drug-likeness (QED) is 0.679. The third kappa shape index (κ3) is 6.14. The molecule has 0 saturated carbocycles. The zero-order chi connectivity index (χ0) is 22.4. The number of cyclic esters (lactones) is 1. The Hall–Kier alpha value is -1.73. The van der Waals surface area contributed by atoms with Gasteiger partial charge in [-0.15, -0.1) is 0 Å². The van der Waals surface area contributed by atoms with Crippen LogP contribution in [-0.2, 0) is 14.3 Å². The zero-order valence-electron chi connectivity index (χ0n) is 19.3. The number of rotatable bonds is 4. The van der Waals surface area contributed by atoms with Crippen molar-refractivity contribution >= 4 is 17.7 Å². The molecule has 2 rings (SSSR count). The van der Waals surface area contributed by atoms with Crippen LogP contribution in [0, 0.1) is 5.92 Å². The summed E-state index contributed by atoms with van der Waals surface area (Å²) in [6, 6.07) is 0.174. The van der Waals surface area contributed by atoms with E-state index in [2.05, 4.69) is 10.6 Å². The van der Waals surface area contributed by atoms with Gasteiger partial charge in [0.25, 0.3) is 0 Å². The van der Waals surface area contributed by atoms with Crippen molar-refractivity contribution in [2.75, 3.05) is 26.2 Å². The first-order valence-electron chi connectivity index (χ1n) is 11.3. The minimum absolute atomic E-state index is 0.0325. The Morgan fingerprint density at radius 1 is 1.17 bits per heavy atom. The van der Waals surface area contributed by atoms with Gasteiger partial charge in [0.1, 0.15) is 6.61 Å². The van der Waals surface area contributed by atoms with Crippen LogP contribution in [0.4, 0.5) is 4.79 Å². The number of ketones is 2. The number of hydrogen-bond acceptors (Lipinski definition) is 6. The highest BCUT2D eigenvalue weighted by molar-refractivity contribution is 5.94. The molecular formula is C23H39N3O4. The van der Waals surface area contributed by atoms with E-state index in [0.717, 1.165) is 25.7 Å². The van der Waals surface area contributed by atoms with Crippen LogP contribution in [0.25, 0.3) is 0 Å². The van der Waals surface area contributed by atoms with Gasteiger partial charge in [-0.05, 0) is 46.5 Å². The fourth-order valence-electron chi connectivity index (χ4n) is 4.46. The van der Waals surface area contributed by atoms with Gasteiger partial charge in [-0.1, -0.05) is 32.4 Å². The number of nitrogens with one attached hydrogen (secondary N) is 2. The first kappa shape index (κ1) is 24.5. The molecule has 1 fully saturated rings. The standard InChI is InChI=1S/C23H39N3O4/c1-17(2)20(28)23-12-13-26(16-23)21(29)30-14-10-8-6-7-9-11-22(5,25-18(3)4)19(27)15-24-23/h8,10,17-18,24-25H,6-7,9,11-16H2,1-5H3/b10-8+/t22-,23-/m1/s1. The van der Waals surface area contributed by atoms with Crippen LogP contribution in [0.15, 0.2) is 12.2 Å². The van der Waals surface area contributed by atoms with Crippen LogP contribution in [0.3, 0.4) is 0 Å². The lowest BCUT2D eigenvalue weighted by molar-refractivity contribution is -0.129. The van der Waals surface area contributed by atoms with Gasteiger partial charge in [-0.25, -0.2) is 4.79 Å². The van der Waals surface area contributed by atoms with Crippen LogP contribution in [-0.4, -0.2) is 65.9 Å². The molecule has 2 aliphatic heterocycles. The number of hydrogen-bond donors (Lipinski definition) is 2. The Morgan fingerprint density at radius 2 is 1.90 bits per heavy atom. The maximum Gasteiger partial charge on any atom is 0.410 e. The average Bonchev–Trinajstić information content (AvgIpc) is 3.11. The molecule has 2 N–H and O–H groups in total. The molecule has 7 heteroatoms. The summed E-state index contributed by atoms with van der Waals surface area (Å²) in [5, 5.41) is 6.73. The summed E-state index contributed by atoms with van der Waals surface area (Å²) in [4.78, 5) is 40.4. The lowest BCUT2D eigenvalue weighted by Gasteiger charge is -2.35. The van der Waals surface area contributed by atoms with E-state index >= 15 is 0 Å². The second kappa shape index (κ2) is 10.5. The van der Waals surface area contributed by atoms with Crippen LogP contribution in [0.1, 0.15) is 66.7 Å². The normalized spacial score (nSPS) is 30.6. The second-order valence-electron chi connectivity index (χ2n) is 9.47. The number of carbonyl (C=O) groups is 3. The molecule has 1 amide bonds. The maximum absolute atomic E-state index is 13.3. The van der Waals surface area contributed by atoms with E-state index in [0.29, 0.717) is 13.0 Å². The average molecular weight is 422 g/mol. The minimum atomic E-state index is -0.908. The second-order valence-corrected chi connectivity index (χ2v) is 9.47. The lowest BCUT2D eigenvalue weighted by atomic mass is 9.84. The fourth-order valence-corrected chi connectivity index (χ4v) is 4.46. The Labute approximate surface area is 181 Å². The zero-order valence-corrected chi connectivity index (χ0v) is 19.3. The van der Waals surface area contributed by atoms with Gasteiger partial charge in [0.2, 0.25) is 0 Å². The van der Waals surface area contributed by atoms with Gasteiger partial charge in [0, 0.05) is 25.0 Å². The van der Waals surface area contributed by atoms with Crippen molar-refractivity contribution in [2.24, 2.45) is 5.92 Å². The predicted molar refractivity (Wildman–Crippen MR) is 117 cm³/mol. The maximum atomic E-state index is 13.3. The van der Waals surface area contributed by atoms with Gasteiger partial charge >= 0.3 is 6.09 Å². The highest BCUT2D eigenvalue weighted by atomic mass is 16.6. The highest BCUT2D eigenvalue weighted by Crippen LogP contribution is 2.27. The van der Waals surface area contributed by atoms with Crippen LogP contribution in [0.5, 0.6) is 0 Å². The van der Waals surface area contributed by atoms with Crippen molar-refractivity contribution in [1.82, 2.24) is 15.5 Å². The van der Waals surface area contributed by atoms with Gasteiger partial charge in [-0.3, -0.25) is 14.9 Å². The first-order chi connectivity index (χ1) is 14.1. The smallest absolute Gasteiger partial charge is 0.410 e. The lowest BCUT2D eigenvalue weighted by Crippen LogP contribution is -2.61. The molecule has 30 heavy (non-hydrogen) atoms. The van der Waals surface area contributed by atoms with E-state index in [4.69, 9.17) is 4.74 Å². The fraction of sp³-hybridized carbons (Fsp3) is 0.783. The Bertz CT molecular complexity index is 661. The molecule has 0 unspecified atom stereocenters. The van der Waals surface area contributed by atoms with Crippen LogP contribution < -0.4 is 10.6 Å². The van der Waals surface area contributed by atoms with E-state index < -0.39 is 17.2 Å². The van der Waals surface area contributed by atoms with Crippen molar-refractivity contribution in [2.45, 2.75) is 83.8 Å². The summed E-state index contributed by atoms with van der Waals surface area (Å²) >= 11 is 0. The molecule has 0 aromatic rings. The molecule has 0 aromatic carbocycles. The number of fused-ring (bicyclic) bond motifs is 2. The highest BCUT2D eigenvalue weighted by Gasteiger charge is 2.47. The van der Waals surface area contributed by atoms with E-state index in [9.17, 15) is 14.4 Å². The van der Waals surface area contributed by atoms with E-state index in [1.807, 2.05) is 46.8 Å². The minimum Gasteiger partial charge on any atom is -0.445 e. The van der Waals surface area contributed by atoms with Crippen LogP contribution in [0.2, 0.25) is 0 Å². The Kier molecular flexibility index (Phi) is 8.62. The van der Waals surface area contributed by atoms with Crippen molar-refractivity contribution in [3.63, 3.8) is 0 Å². The van der Waals surface area contributed by atoms with Crippen molar-refractivity contribution < 1.29 is 19.1 Å². The summed E-state index contributed by atoms with van der Waals surface area (Å²) in [5.41, 5.74) is -1.56. The molecule has 1 saturated heterocycles. The number of carbonyl (C=O) groups excluding carboxylic acids is 3. The monoisotopic (exact) mass is 421 g/mol. The summed E-state index contributed by atoms with van der Waals surface area (Å²) < 4.78 is 5.34. The Morgan fingerprint density at radius 3 is 2.57 bits per heavy atom. The number of amides is 1. The molecule has 2 atom stereocenters. The number of nitrogens with zero attached hydrogens (tertiary/aromatic N) is 1. The topological polar surface area (TPSA) is 87.7 Å². The van der Waals surface area contributed by atoms with E-state index in [-0.39, 0.29) is 43.2 Å². The first-order valence-corrected chi connectivity index (χ1v) is 11.3. The molecule has 2 heterocycles. The van der Waals surface area contributed by atoms with Crippen molar-refractivity contribution in [3.05, 3.63) is 12.2 Å². The van der Waals surface area contributed by atoms with Crippen LogP contribution >= 0.6 is 0 Å². The molecule has 0 aliphatic carbocycles. The predicted octanol–water partition coefficient (Wildman–Crippen LogP) is 2.84. The molecule has 0 radical (unpaired) electrons. The molecular weight excluding hydrogens is 382 g/mol. The molecule has 2 aliphatic rings. The third-order valence-corrected chi connectivity index (χ3v) is 6.10. The SMILES string of the molecule is CC(C)N[C@]1(C)CCCC/C=C/COC(=O)N2CC[C@](C(=O)C(C)C)(C2)NCC1=O. The number of Topliss-reactive ketones (excluding diaryl/α,β-unsaturated/α-hetero) is 2. The summed E-state index contributed by atoms with van der Waals surface area (Å²) in [5.74, 6) is -0.113. The third-order valence-electron chi connectivity index (χ3n) is 6.10.